The Kier molecular flexibility index (Phi) is 8.73. The number of ether oxygens (including phenoxy) is 3. The summed E-state index contributed by atoms with van der Waals surface area (Å²) in [7, 11) is 0. The summed E-state index contributed by atoms with van der Waals surface area (Å²) >= 11 is 0. The summed E-state index contributed by atoms with van der Waals surface area (Å²) in [6.07, 6.45) is 1.62. The van der Waals surface area contributed by atoms with Crippen molar-refractivity contribution in [3.63, 3.8) is 0 Å². The van der Waals surface area contributed by atoms with Crippen molar-refractivity contribution in [1.29, 1.82) is 0 Å². The average Bonchev–Trinajstić information content (AvgIpc) is 3.28. The highest BCUT2D eigenvalue weighted by atomic mass is 16.5. The summed E-state index contributed by atoms with van der Waals surface area (Å²) in [4.78, 5) is 30.9. The van der Waals surface area contributed by atoms with E-state index < -0.39 is 11.8 Å². The van der Waals surface area contributed by atoms with Gasteiger partial charge >= 0.3 is 0 Å². The molecule has 1 aromatic carbocycles. The van der Waals surface area contributed by atoms with Gasteiger partial charge in [-0.2, -0.15) is 5.10 Å². The van der Waals surface area contributed by atoms with Gasteiger partial charge in [-0.15, -0.1) is 0 Å². The summed E-state index contributed by atoms with van der Waals surface area (Å²) in [6, 6.07) is 4.93. The number of nitrogens with zero attached hydrogens (tertiary/aromatic N) is 3. The number of carbonyl (C=O) groups is 2. The molecule has 0 radical (unpaired) electrons. The number of amides is 2. The van der Waals surface area contributed by atoms with Gasteiger partial charge in [-0.1, -0.05) is 13.8 Å². The van der Waals surface area contributed by atoms with E-state index in [9.17, 15) is 9.59 Å². The number of hydrogen-bond donors (Lipinski definition) is 2. The highest BCUT2D eigenvalue weighted by Gasteiger charge is 2.21. The SMILES string of the molecule is CCOc1cc(C(=O)NNC(=O)c2cc(C(C)C)nc3c2cnn3C(C)C)cc(OCC)c1OCC. The lowest BCUT2D eigenvalue weighted by Crippen LogP contribution is -2.41. The predicted octanol–water partition coefficient (Wildman–Crippen LogP) is 4.41. The van der Waals surface area contributed by atoms with Gasteiger partial charge < -0.3 is 14.2 Å². The number of carbonyl (C=O) groups excluding carboxylic acids is 2. The normalized spacial score (nSPS) is 11.1. The second-order valence-corrected chi connectivity index (χ2v) is 8.68. The Morgan fingerprint density at radius 3 is 2.00 bits per heavy atom. The van der Waals surface area contributed by atoms with E-state index in [4.69, 9.17) is 19.2 Å². The summed E-state index contributed by atoms with van der Waals surface area (Å²) in [5, 5.41) is 5.02. The topological polar surface area (TPSA) is 117 Å². The van der Waals surface area contributed by atoms with Crippen molar-refractivity contribution in [2.24, 2.45) is 0 Å². The average molecular weight is 498 g/mol. The monoisotopic (exact) mass is 497 g/mol. The van der Waals surface area contributed by atoms with Crippen LogP contribution >= 0.6 is 0 Å². The first kappa shape index (κ1) is 26.8. The predicted molar refractivity (Wildman–Crippen MR) is 137 cm³/mol. The number of nitrogens with one attached hydrogen (secondary N) is 2. The number of rotatable bonds is 10. The third kappa shape index (κ3) is 5.69. The Bertz CT molecular complexity index is 1210. The Labute approximate surface area is 211 Å². The maximum absolute atomic E-state index is 13.2. The Morgan fingerprint density at radius 2 is 1.47 bits per heavy atom. The van der Waals surface area contributed by atoms with Gasteiger partial charge in [0.15, 0.2) is 17.1 Å². The molecule has 0 saturated carbocycles. The first-order chi connectivity index (χ1) is 17.2. The molecule has 10 nitrogen and oxygen atoms in total. The van der Waals surface area contributed by atoms with Crippen molar-refractivity contribution in [2.45, 2.75) is 60.4 Å². The van der Waals surface area contributed by atoms with Crippen LogP contribution in [0.1, 0.15) is 86.8 Å². The van der Waals surface area contributed by atoms with Crippen LogP contribution < -0.4 is 25.1 Å². The van der Waals surface area contributed by atoms with Crippen LogP contribution in [0.25, 0.3) is 11.0 Å². The van der Waals surface area contributed by atoms with Gasteiger partial charge in [0.05, 0.1) is 37.0 Å². The number of hydrogen-bond acceptors (Lipinski definition) is 7. The molecule has 0 unspecified atom stereocenters. The number of pyridine rings is 1. The zero-order valence-corrected chi connectivity index (χ0v) is 22.0. The number of benzene rings is 1. The number of fused-ring (bicyclic) bond motifs is 1. The van der Waals surface area contributed by atoms with Gasteiger partial charge in [0.25, 0.3) is 11.8 Å². The molecule has 2 heterocycles. The largest absolute Gasteiger partial charge is 0.490 e. The molecule has 36 heavy (non-hydrogen) atoms. The number of hydrazine groups is 1. The third-order valence-corrected chi connectivity index (χ3v) is 5.37. The molecule has 3 rings (SSSR count). The van der Waals surface area contributed by atoms with Crippen LogP contribution in [-0.4, -0.2) is 46.4 Å². The zero-order valence-electron chi connectivity index (χ0n) is 22.0. The van der Waals surface area contributed by atoms with E-state index in [0.29, 0.717) is 53.7 Å². The van der Waals surface area contributed by atoms with E-state index in [1.165, 1.54) is 0 Å². The van der Waals surface area contributed by atoms with E-state index in [1.807, 2.05) is 48.5 Å². The lowest BCUT2D eigenvalue weighted by molar-refractivity contribution is 0.0847. The van der Waals surface area contributed by atoms with Gasteiger partial charge in [-0.25, -0.2) is 9.67 Å². The maximum Gasteiger partial charge on any atom is 0.270 e. The van der Waals surface area contributed by atoms with Crippen LogP contribution in [0.5, 0.6) is 17.2 Å². The minimum atomic E-state index is -0.527. The van der Waals surface area contributed by atoms with E-state index in [0.717, 1.165) is 5.69 Å². The molecule has 2 N–H and O–H groups in total. The highest BCUT2D eigenvalue weighted by molar-refractivity contribution is 6.06. The molecule has 0 spiro atoms. The molecule has 0 aliphatic rings. The molecule has 2 aromatic heterocycles. The van der Waals surface area contributed by atoms with Gasteiger partial charge in [0, 0.05) is 17.3 Å². The fourth-order valence-corrected chi connectivity index (χ4v) is 3.67. The first-order valence-electron chi connectivity index (χ1n) is 12.3. The zero-order chi connectivity index (χ0) is 26.4. The minimum Gasteiger partial charge on any atom is -0.490 e. The van der Waals surface area contributed by atoms with Crippen molar-refractivity contribution in [3.05, 3.63) is 41.2 Å². The van der Waals surface area contributed by atoms with Crippen LogP contribution in [-0.2, 0) is 0 Å². The summed E-state index contributed by atoms with van der Waals surface area (Å²) in [6.45, 7) is 14.7. The van der Waals surface area contributed by atoms with Crippen molar-refractivity contribution in [3.8, 4) is 17.2 Å². The van der Waals surface area contributed by atoms with E-state index in [1.54, 1.807) is 29.1 Å². The van der Waals surface area contributed by atoms with Crippen molar-refractivity contribution in [2.75, 3.05) is 19.8 Å². The highest BCUT2D eigenvalue weighted by Crippen LogP contribution is 2.39. The second-order valence-electron chi connectivity index (χ2n) is 8.68. The van der Waals surface area contributed by atoms with Crippen molar-refractivity contribution >= 4 is 22.8 Å². The lowest BCUT2D eigenvalue weighted by atomic mass is 10.1. The van der Waals surface area contributed by atoms with E-state index in [2.05, 4.69) is 16.0 Å². The van der Waals surface area contributed by atoms with Gasteiger partial charge in [-0.3, -0.25) is 20.4 Å². The maximum atomic E-state index is 13.2. The van der Waals surface area contributed by atoms with E-state index >= 15 is 0 Å². The molecular weight excluding hydrogens is 462 g/mol. The quantitative estimate of drug-likeness (QED) is 0.399. The molecule has 0 aliphatic carbocycles. The number of aromatic nitrogens is 3. The molecule has 0 atom stereocenters. The van der Waals surface area contributed by atoms with Crippen molar-refractivity contribution < 1.29 is 23.8 Å². The van der Waals surface area contributed by atoms with Gasteiger partial charge in [-0.05, 0) is 58.7 Å². The molecule has 0 fully saturated rings. The molecule has 194 valence electrons. The Balaban J connectivity index is 1.89. The molecule has 0 saturated heterocycles. The van der Waals surface area contributed by atoms with Gasteiger partial charge in [0.2, 0.25) is 5.75 Å². The fraction of sp³-hybridized carbons (Fsp3) is 0.462. The smallest absolute Gasteiger partial charge is 0.270 e. The van der Waals surface area contributed by atoms with Crippen LogP contribution in [0.2, 0.25) is 0 Å². The standard InChI is InChI=1S/C26H35N5O5/c1-8-34-21-11-17(12-22(35-9-2)23(21)36-10-3)25(32)29-30-26(33)18-13-20(15(4)5)28-24-19(18)14-27-31(24)16(6)7/h11-16H,8-10H2,1-7H3,(H,29,32)(H,30,33). The van der Waals surface area contributed by atoms with Gasteiger partial charge in [0.1, 0.15) is 0 Å². The Morgan fingerprint density at radius 1 is 0.889 bits per heavy atom. The Hall–Kier alpha value is -3.82. The third-order valence-electron chi connectivity index (χ3n) is 5.37. The van der Waals surface area contributed by atoms with Crippen LogP contribution in [0.4, 0.5) is 0 Å². The summed E-state index contributed by atoms with van der Waals surface area (Å²) < 4.78 is 18.8. The summed E-state index contributed by atoms with van der Waals surface area (Å²) in [5.74, 6) is 0.316. The minimum absolute atomic E-state index is 0.0757. The van der Waals surface area contributed by atoms with Crippen molar-refractivity contribution in [1.82, 2.24) is 25.6 Å². The molecule has 2 amide bonds. The second kappa shape index (κ2) is 11.7. The van der Waals surface area contributed by atoms with E-state index in [-0.39, 0.29) is 17.5 Å². The molecule has 0 bridgehead atoms. The molecule has 3 aromatic rings. The lowest BCUT2D eigenvalue weighted by Gasteiger charge is -2.17. The first-order valence-corrected chi connectivity index (χ1v) is 12.3. The molecule has 10 heteroatoms. The fourth-order valence-electron chi connectivity index (χ4n) is 3.67. The van der Waals surface area contributed by atoms with Crippen LogP contribution in [0, 0.1) is 0 Å². The molecule has 0 aliphatic heterocycles. The van der Waals surface area contributed by atoms with Crippen LogP contribution in [0.3, 0.4) is 0 Å². The van der Waals surface area contributed by atoms with Crippen LogP contribution in [0.15, 0.2) is 24.4 Å². The summed E-state index contributed by atoms with van der Waals surface area (Å²) in [5.41, 5.74) is 7.03. The molecular formula is C26H35N5O5.